The number of halogens is 3. The number of methoxy groups -OCH3 is 1. The normalized spacial score (nSPS) is 17.2. The molecule has 0 unspecified atom stereocenters. The maximum Gasteiger partial charge on any atom is 0.435 e. The second-order valence-corrected chi connectivity index (χ2v) is 5.75. The van der Waals surface area contributed by atoms with Gasteiger partial charge in [0.05, 0.1) is 18.8 Å². The first-order chi connectivity index (χ1) is 11.5. The van der Waals surface area contributed by atoms with Gasteiger partial charge in [0.1, 0.15) is 0 Å². The number of nitrogens with zero attached hydrogens (tertiary/aromatic N) is 5. The molecule has 0 saturated carbocycles. The van der Waals surface area contributed by atoms with Crippen molar-refractivity contribution in [2.75, 3.05) is 20.2 Å². The zero-order valence-electron chi connectivity index (χ0n) is 13.2. The molecule has 1 saturated heterocycles. The number of aromatic nitrogens is 4. The van der Waals surface area contributed by atoms with E-state index in [0.717, 1.165) is 37.7 Å². The van der Waals surface area contributed by atoms with Crippen molar-refractivity contribution in [2.45, 2.75) is 31.6 Å². The molecule has 0 aromatic carbocycles. The lowest BCUT2D eigenvalue weighted by molar-refractivity contribution is -0.141. The average molecular weight is 341 g/mol. The summed E-state index contributed by atoms with van der Waals surface area (Å²) >= 11 is 0. The van der Waals surface area contributed by atoms with Gasteiger partial charge in [-0.25, -0.2) is 0 Å². The summed E-state index contributed by atoms with van der Waals surface area (Å²) in [5, 5.41) is 11.7. The van der Waals surface area contributed by atoms with Gasteiger partial charge < -0.3 is 4.74 Å². The van der Waals surface area contributed by atoms with Crippen LogP contribution in [0.25, 0.3) is 0 Å². The second-order valence-electron chi connectivity index (χ2n) is 5.75. The first kappa shape index (κ1) is 16.7. The van der Waals surface area contributed by atoms with Crippen LogP contribution in [0, 0.1) is 0 Å². The van der Waals surface area contributed by atoms with E-state index in [1.165, 1.54) is 18.0 Å². The van der Waals surface area contributed by atoms with E-state index in [4.69, 9.17) is 4.74 Å². The van der Waals surface area contributed by atoms with Gasteiger partial charge in [-0.3, -0.25) is 9.58 Å². The third kappa shape index (κ3) is 3.84. The van der Waals surface area contributed by atoms with Crippen LogP contribution in [-0.4, -0.2) is 45.1 Å². The van der Waals surface area contributed by atoms with Crippen LogP contribution in [-0.2, 0) is 12.7 Å². The zero-order chi connectivity index (χ0) is 17.2. The monoisotopic (exact) mass is 341 g/mol. The lowest BCUT2D eigenvalue weighted by atomic mass is 10.1. The Morgan fingerprint density at radius 2 is 1.92 bits per heavy atom. The van der Waals surface area contributed by atoms with E-state index in [1.54, 1.807) is 6.07 Å². The van der Waals surface area contributed by atoms with Gasteiger partial charge >= 0.3 is 6.18 Å². The fourth-order valence-corrected chi connectivity index (χ4v) is 2.80. The highest BCUT2D eigenvalue weighted by atomic mass is 19.4. The molecule has 6 nitrogen and oxygen atoms in total. The van der Waals surface area contributed by atoms with Crippen molar-refractivity contribution in [3.05, 3.63) is 35.8 Å². The van der Waals surface area contributed by atoms with Crippen LogP contribution in [0.15, 0.2) is 24.4 Å². The predicted molar refractivity (Wildman–Crippen MR) is 79.4 cm³/mol. The second kappa shape index (κ2) is 6.76. The summed E-state index contributed by atoms with van der Waals surface area (Å²) in [4.78, 5) is 2.21. The SMILES string of the molecule is COc1ccc(CN2CCC(n3ccc(C(F)(F)F)n3)CC2)nn1. The molecule has 2 aromatic heterocycles. The molecule has 0 spiro atoms. The van der Waals surface area contributed by atoms with E-state index in [9.17, 15) is 13.2 Å². The third-order valence-electron chi connectivity index (χ3n) is 4.12. The van der Waals surface area contributed by atoms with Gasteiger partial charge in [-0.05, 0) is 25.0 Å². The van der Waals surface area contributed by atoms with Crippen molar-refractivity contribution in [2.24, 2.45) is 0 Å². The lowest BCUT2D eigenvalue weighted by Gasteiger charge is -2.31. The van der Waals surface area contributed by atoms with E-state index in [1.807, 2.05) is 6.07 Å². The molecule has 3 heterocycles. The molecule has 1 aliphatic heterocycles. The molecule has 0 radical (unpaired) electrons. The van der Waals surface area contributed by atoms with Crippen LogP contribution >= 0.6 is 0 Å². The van der Waals surface area contributed by atoms with Crippen LogP contribution in [0.5, 0.6) is 5.88 Å². The average Bonchev–Trinajstić information content (AvgIpc) is 3.07. The summed E-state index contributed by atoms with van der Waals surface area (Å²) in [5.74, 6) is 0.469. The first-order valence-electron chi connectivity index (χ1n) is 7.67. The number of hydrogen-bond donors (Lipinski definition) is 0. The van der Waals surface area contributed by atoms with Crippen molar-refractivity contribution in [1.82, 2.24) is 24.9 Å². The third-order valence-corrected chi connectivity index (χ3v) is 4.12. The van der Waals surface area contributed by atoms with E-state index >= 15 is 0 Å². The minimum absolute atomic E-state index is 0.000647. The summed E-state index contributed by atoms with van der Waals surface area (Å²) in [6.45, 7) is 2.22. The Balaban J connectivity index is 1.54. The Kier molecular flexibility index (Phi) is 4.70. The van der Waals surface area contributed by atoms with Gasteiger partial charge in [0.25, 0.3) is 0 Å². The van der Waals surface area contributed by atoms with Crippen LogP contribution in [0.1, 0.15) is 30.3 Å². The maximum absolute atomic E-state index is 12.6. The van der Waals surface area contributed by atoms with Crippen molar-refractivity contribution in [3.8, 4) is 5.88 Å². The molecule has 2 aromatic rings. The van der Waals surface area contributed by atoms with E-state index in [-0.39, 0.29) is 6.04 Å². The fraction of sp³-hybridized carbons (Fsp3) is 0.533. The molecule has 0 N–H and O–H groups in total. The van der Waals surface area contributed by atoms with Crippen molar-refractivity contribution >= 4 is 0 Å². The molecule has 1 fully saturated rings. The molecule has 3 rings (SSSR count). The lowest BCUT2D eigenvalue weighted by Crippen LogP contribution is -2.34. The topological polar surface area (TPSA) is 56.1 Å². The van der Waals surface area contributed by atoms with E-state index in [2.05, 4.69) is 20.2 Å². The van der Waals surface area contributed by atoms with Crippen LogP contribution < -0.4 is 4.74 Å². The molecule has 0 atom stereocenters. The van der Waals surface area contributed by atoms with Crippen molar-refractivity contribution in [1.29, 1.82) is 0 Å². The standard InChI is InChI=1S/C15H18F3N5O/c1-24-14-3-2-11(19-20-14)10-22-7-4-12(5-8-22)23-9-6-13(21-23)15(16,17)18/h2-3,6,9,12H,4-5,7-8,10H2,1H3. The van der Waals surface area contributed by atoms with E-state index in [0.29, 0.717) is 12.4 Å². The predicted octanol–water partition coefficient (Wildman–Crippen LogP) is 2.54. The van der Waals surface area contributed by atoms with Crippen LogP contribution in [0.2, 0.25) is 0 Å². The molecule has 0 aliphatic carbocycles. The Morgan fingerprint density at radius 1 is 1.17 bits per heavy atom. The first-order valence-corrected chi connectivity index (χ1v) is 7.67. The molecule has 130 valence electrons. The number of alkyl halides is 3. The zero-order valence-corrected chi connectivity index (χ0v) is 13.2. The summed E-state index contributed by atoms with van der Waals surface area (Å²) in [7, 11) is 1.54. The Bertz CT molecular complexity index is 662. The van der Waals surface area contributed by atoms with Gasteiger partial charge in [0.15, 0.2) is 5.69 Å². The van der Waals surface area contributed by atoms with Gasteiger partial charge in [-0.2, -0.15) is 23.4 Å². The summed E-state index contributed by atoms with van der Waals surface area (Å²) in [6, 6.07) is 4.65. The number of piperidine rings is 1. The highest BCUT2D eigenvalue weighted by Crippen LogP contribution is 2.29. The van der Waals surface area contributed by atoms with Crippen molar-refractivity contribution < 1.29 is 17.9 Å². The quantitative estimate of drug-likeness (QED) is 0.855. The van der Waals surface area contributed by atoms with Gasteiger partial charge in [0, 0.05) is 31.9 Å². The van der Waals surface area contributed by atoms with Gasteiger partial charge in [-0.15, -0.1) is 5.10 Å². The summed E-state index contributed by atoms with van der Waals surface area (Å²) < 4.78 is 44.3. The molecule has 1 aliphatic rings. The molecule has 24 heavy (non-hydrogen) atoms. The maximum atomic E-state index is 12.6. The Hall–Kier alpha value is -2.16. The van der Waals surface area contributed by atoms with E-state index < -0.39 is 11.9 Å². The minimum Gasteiger partial charge on any atom is -0.480 e. The Morgan fingerprint density at radius 3 is 2.46 bits per heavy atom. The molecule has 0 bridgehead atoms. The highest BCUT2D eigenvalue weighted by molar-refractivity contribution is 5.11. The highest BCUT2D eigenvalue weighted by Gasteiger charge is 2.34. The molecule has 9 heteroatoms. The Labute approximate surface area is 137 Å². The fourth-order valence-electron chi connectivity index (χ4n) is 2.80. The van der Waals surface area contributed by atoms with Crippen molar-refractivity contribution in [3.63, 3.8) is 0 Å². The number of rotatable bonds is 4. The summed E-state index contributed by atoms with van der Waals surface area (Å²) in [6.07, 6.45) is -1.47. The molecular formula is C15H18F3N5O. The smallest absolute Gasteiger partial charge is 0.435 e. The van der Waals surface area contributed by atoms with Crippen LogP contribution in [0.4, 0.5) is 13.2 Å². The van der Waals surface area contributed by atoms with Gasteiger partial charge in [0.2, 0.25) is 5.88 Å². The largest absolute Gasteiger partial charge is 0.480 e. The number of hydrogen-bond acceptors (Lipinski definition) is 5. The summed E-state index contributed by atoms with van der Waals surface area (Å²) in [5.41, 5.74) is 0.00568. The molecule has 0 amide bonds. The van der Waals surface area contributed by atoms with Crippen LogP contribution in [0.3, 0.4) is 0 Å². The molecular weight excluding hydrogens is 323 g/mol. The minimum atomic E-state index is -4.39. The van der Waals surface area contributed by atoms with Gasteiger partial charge in [-0.1, -0.05) is 0 Å². The number of ether oxygens (including phenoxy) is 1. The number of likely N-dealkylation sites (tertiary alicyclic amines) is 1.